The van der Waals surface area contributed by atoms with Gasteiger partial charge in [0.1, 0.15) is 0 Å². The average molecular weight is 342 g/mol. The Hall–Kier alpha value is -1.51. The smallest absolute Gasteiger partial charge is 0.293 e. The van der Waals surface area contributed by atoms with Gasteiger partial charge in [0.25, 0.3) is 15.8 Å². The number of non-ortho nitro benzene ring substituents is 1. The van der Waals surface area contributed by atoms with Gasteiger partial charge in [-0.15, -0.1) is 0 Å². The van der Waals surface area contributed by atoms with E-state index in [0.29, 0.717) is 13.0 Å². The molecule has 0 aliphatic carbocycles. The summed E-state index contributed by atoms with van der Waals surface area (Å²) >= 11 is 0. The van der Waals surface area contributed by atoms with Crippen molar-refractivity contribution < 1.29 is 17.5 Å². The first-order valence-electron chi connectivity index (χ1n) is 7.45. The Bertz CT molecular complexity index is 679. The summed E-state index contributed by atoms with van der Waals surface area (Å²) in [6.07, 6.45) is 0.216. The van der Waals surface area contributed by atoms with E-state index in [9.17, 15) is 18.5 Å². The van der Waals surface area contributed by atoms with E-state index >= 15 is 0 Å². The van der Waals surface area contributed by atoms with Crippen LogP contribution in [0, 0.1) is 10.1 Å². The fourth-order valence-electron chi connectivity index (χ4n) is 2.96. The maximum atomic E-state index is 12.3. The molecule has 1 aromatic rings. The quantitative estimate of drug-likeness (QED) is 0.474. The first kappa shape index (κ1) is 17.8. The Morgan fingerprint density at radius 1 is 1.26 bits per heavy atom. The molecule has 1 fully saturated rings. The lowest BCUT2D eigenvalue weighted by atomic mass is 10.1. The van der Waals surface area contributed by atoms with Crippen molar-refractivity contribution in [3.8, 4) is 0 Å². The topological polar surface area (TPSA) is 89.8 Å². The Morgan fingerprint density at radius 3 is 2.26 bits per heavy atom. The van der Waals surface area contributed by atoms with Gasteiger partial charge in [0.2, 0.25) is 0 Å². The zero-order chi connectivity index (χ0) is 17.4. The number of hydrogen-bond donors (Lipinski definition) is 0. The van der Waals surface area contributed by atoms with Gasteiger partial charge >= 0.3 is 0 Å². The number of nitro benzene ring substituents is 1. The van der Waals surface area contributed by atoms with Crippen LogP contribution in [0.4, 0.5) is 5.69 Å². The van der Waals surface area contributed by atoms with Crippen molar-refractivity contribution in [1.29, 1.82) is 0 Å². The third-order valence-electron chi connectivity index (χ3n) is 4.00. The lowest BCUT2D eigenvalue weighted by molar-refractivity contribution is -0.384. The predicted molar refractivity (Wildman–Crippen MR) is 85.7 cm³/mol. The second-order valence-corrected chi connectivity index (χ2v) is 8.40. The fourth-order valence-corrected chi connectivity index (χ4v) is 4.03. The second-order valence-electron chi connectivity index (χ2n) is 6.83. The highest BCUT2D eigenvalue weighted by molar-refractivity contribution is 7.86. The van der Waals surface area contributed by atoms with Gasteiger partial charge in [0.15, 0.2) is 0 Å². The highest BCUT2D eigenvalue weighted by Crippen LogP contribution is 2.30. The largest absolute Gasteiger partial charge is 0.297 e. The summed E-state index contributed by atoms with van der Waals surface area (Å²) in [6.45, 7) is 8.83. The summed E-state index contributed by atoms with van der Waals surface area (Å²) in [4.78, 5) is 12.2. The first-order valence-corrected chi connectivity index (χ1v) is 8.86. The monoisotopic (exact) mass is 342 g/mol. The molecule has 0 aromatic heterocycles. The number of benzene rings is 1. The van der Waals surface area contributed by atoms with E-state index < -0.39 is 21.1 Å². The average Bonchev–Trinajstić information content (AvgIpc) is 2.79. The predicted octanol–water partition coefficient (Wildman–Crippen LogP) is 2.56. The third-order valence-corrected chi connectivity index (χ3v) is 5.37. The van der Waals surface area contributed by atoms with Gasteiger partial charge in [-0.05, 0) is 46.2 Å². The van der Waals surface area contributed by atoms with E-state index in [0.717, 1.165) is 12.1 Å². The Labute approximate surface area is 136 Å². The third kappa shape index (κ3) is 4.07. The van der Waals surface area contributed by atoms with Crippen LogP contribution in [0.15, 0.2) is 29.2 Å². The molecule has 0 amide bonds. The number of rotatable bonds is 4. The molecule has 128 valence electrons. The van der Waals surface area contributed by atoms with Crippen LogP contribution in [-0.4, -0.2) is 42.5 Å². The van der Waals surface area contributed by atoms with Gasteiger partial charge < -0.3 is 0 Å². The van der Waals surface area contributed by atoms with E-state index in [1.165, 1.54) is 12.1 Å². The summed E-state index contributed by atoms with van der Waals surface area (Å²) in [7, 11) is -3.93. The van der Waals surface area contributed by atoms with Crippen molar-refractivity contribution >= 4 is 15.8 Å². The lowest BCUT2D eigenvalue weighted by Gasteiger charge is -2.35. The van der Waals surface area contributed by atoms with Gasteiger partial charge in [-0.3, -0.25) is 19.2 Å². The number of hydrogen-bond acceptors (Lipinski definition) is 6. The van der Waals surface area contributed by atoms with E-state index in [1.807, 2.05) is 6.92 Å². The molecule has 0 bridgehead atoms. The fraction of sp³-hybridized carbons (Fsp3) is 0.600. The van der Waals surface area contributed by atoms with Crippen LogP contribution in [0.5, 0.6) is 0 Å². The highest BCUT2D eigenvalue weighted by atomic mass is 32.2. The molecule has 0 spiro atoms. The van der Waals surface area contributed by atoms with Crippen LogP contribution in [-0.2, 0) is 14.3 Å². The highest BCUT2D eigenvalue weighted by Gasteiger charge is 2.38. The summed E-state index contributed by atoms with van der Waals surface area (Å²) in [5.74, 6) is 0. The molecule has 1 aliphatic rings. The summed E-state index contributed by atoms with van der Waals surface area (Å²) in [5, 5.41) is 10.6. The minimum atomic E-state index is -3.93. The zero-order valence-corrected chi connectivity index (χ0v) is 14.5. The molecule has 0 radical (unpaired) electrons. The van der Waals surface area contributed by atoms with Crippen LogP contribution in [0.3, 0.4) is 0 Å². The van der Waals surface area contributed by atoms with Gasteiger partial charge in [-0.25, -0.2) is 0 Å². The standard InChI is InChI=1S/C15H22N2O5S/c1-11-9-13(10-16(11)15(2,3)4)22-23(20,21)14-7-5-12(6-8-14)17(18)19/h5-8,11,13H,9-10H2,1-4H3/t11-,13-/m1/s1. The summed E-state index contributed by atoms with van der Waals surface area (Å²) < 4.78 is 30.0. The number of likely N-dealkylation sites (tertiary alicyclic amines) is 1. The Kier molecular flexibility index (Phi) is 4.79. The minimum absolute atomic E-state index is 0.0609. The molecule has 0 unspecified atom stereocenters. The van der Waals surface area contributed by atoms with E-state index in [1.54, 1.807) is 0 Å². The lowest BCUT2D eigenvalue weighted by Crippen LogP contribution is -2.43. The van der Waals surface area contributed by atoms with Crippen molar-refractivity contribution in [3.05, 3.63) is 34.4 Å². The molecule has 7 nitrogen and oxygen atoms in total. The van der Waals surface area contributed by atoms with E-state index in [2.05, 4.69) is 25.7 Å². The molecule has 8 heteroatoms. The van der Waals surface area contributed by atoms with Crippen molar-refractivity contribution in [2.75, 3.05) is 6.54 Å². The van der Waals surface area contributed by atoms with Crippen molar-refractivity contribution in [2.24, 2.45) is 0 Å². The zero-order valence-electron chi connectivity index (χ0n) is 13.7. The molecule has 1 aromatic carbocycles. The Balaban J connectivity index is 2.12. The van der Waals surface area contributed by atoms with Crippen LogP contribution in [0.2, 0.25) is 0 Å². The normalized spacial score (nSPS) is 23.1. The van der Waals surface area contributed by atoms with Crippen molar-refractivity contribution in [3.63, 3.8) is 0 Å². The minimum Gasteiger partial charge on any atom is -0.293 e. The maximum Gasteiger partial charge on any atom is 0.297 e. The van der Waals surface area contributed by atoms with Crippen LogP contribution in [0.25, 0.3) is 0 Å². The molecule has 0 saturated carbocycles. The van der Waals surface area contributed by atoms with Crippen LogP contribution >= 0.6 is 0 Å². The number of nitrogens with zero attached hydrogens (tertiary/aromatic N) is 2. The molecular weight excluding hydrogens is 320 g/mol. The molecule has 23 heavy (non-hydrogen) atoms. The van der Waals surface area contributed by atoms with Gasteiger partial charge in [-0.1, -0.05) is 0 Å². The molecular formula is C15H22N2O5S. The van der Waals surface area contributed by atoms with E-state index in [-0.39, 0.29) is 22.2 Å². The molecule has 2 atom stereocenters. The molecule has 1 heterocycles. The molecule has 2 rings (SSSR count). The molecule has 1 aliphatic heterocycles. The molecule has 0 N–H and O–H groups in total. The maximum absolute atomic E-state index is 12.3. The number of nitro groups is 1. The Morgan fingerprint density at radius 2 is 1.83 bits per heavy atom. The first-order chi connectivity index (χ1) is 10.5. The second kappa shape index (κ2) is 6.18. The van der Waals surface area contributed by atoms with Crippen LogP contribution < -0.4 is 0 Å². The van der Waals surface area contributed by atoms with Crippen molar-refractivity contribution in [2.45, 2.75) is 56.7 Å². The summed E-state index contributed by atoms with van der Waals surface area (Å²) in [5.41, 5.74) is -0.216. The summed E-state index contributed by atoms with van der Waals surface area (Å²) in [6, 6.07) is 4.96. The molecule has 1 saturated heterocycles. The SMILES string of the molecule is C[C@@H]1C[C@@H](OS(=O)(=O)c2ccc([N+](=O)[O-])cc2)CN1C(C)(C)C. The van der Waals surface area contributed by atoms with E-state index in [4.69, 9.17) is 4.18 Å². The van der Waals surface area contributed by atoms with Gasteiger partial charge in [-0.2, -0.15) is 8.42 Å². The van der Waals surface area contributed by atoms with Gasteiger partial charge in [0, 0.05) is 30.3 Å². The van der Waals surface area contributed by atoms with Gasteiger partial charge in [0.05, 0.1) is 15.9 Å². The van der Waals surface area contributed by atoms with Crippen molar-refractivity contribution in [1.82, 2.24) is 4.90 Å². The van der Waals surface area contributed by atoms with Crippen LogP contribution in [0.1, 0.15) is 34.1 Å².